The first-order valence-corrected chi connectivity index (χ1v) is 6.56. The van der Waals surface area contributed by atoms with Crippen LogP contribution in [0.2, 0.25) is 0 Å². The SMILES string of the molecule is CCCN(C)CCC(C)(NC1CC1)C(=O)OC. The molecule has 0 aromatic heterocycles. The standard InChI is InChI=1S/C13H26N2O2/c1-5-9-15(3)10-8-13(2,12(16)17-4)14-11-6-7-11/h11,14H,5-10H2,1-4H3. The fourth-order valence-electron chi connectivity index (χ4n) is 2.04. The van der Waals surface area contributed by atoms with Gasteiger partial charge in [-0.2, -0.15) is 0 Å². The van der Waals surface area contributed by atoms with Crippen molar-refractivity contribution in [1.29, 1.82) is 0 Å². The molecule has 0 bridgehead atoms. The van der Waals surface area contributed by atoms with Crippen molar-refractivity contribution >= 4 is 5.97 Å². The summed E-state index contributed by atoms with van der Waals surface area (Å²) in [4.78, 5) is 14.1. The van der Waals surface area contributed by atoms with Gasteiger partial charge in [0.1, 0.15) is 5.54 Å². The van der Waals surface area contributed by atoms with E-state index in [1.807, 2.05) is 6.92 Å². The van der Waals surface area contributed by atoms with E-state index in [1.54, 1.807) is 0 Å². The van der Waals surface area contributed by atoms with Crippen LogP contribution in [0.5, 0.6) is 0 Å². The van der Waals surface area contributed by atoms with Gasteiger partial charge in [-0.05, 0) is 46.2 Å². The van der Waals surface area contributed by atoms with E-state index in [1.165, 1.54) is 20.0 Å². The zero-order chi connectivity index (χ0) is 12.9. The molecule has 1 unspecified atom stereocenters. The Balaban J connectivity index is 2.47. The maximum Gasteiger partial charge on any atom is 0.325 e. The number of ether oxygens (including phenoxy) is 1. The minimum absolute atomic E-state index is 0.144. The highest BCUT2D eigenvalue weighted by atomic mass is 16.5. The highest BCUT2D eigenvalue weighted by Crippen LogP contribution is 2.25. The van der Waals surface area contributed by atoms with Gasteiger partial charge in [-0.15, -0.1) is 0 Å². The summed E-state index contributed by atoms with van der Waals surface area (Å²) >= 11 is 0. The Bertz CT molecular complexity index is 254. The molecule has 0 spiro atoms. The molecule has 1 rings (SSSR count). The average molecular weight is 242 g/mol. The zero-order valence-corrected chi connectivity index (χ0v) is 11.6. The predicted molar refractivity (Wildman–Crippen MR) is 69.0 cm³/mol. The Kier molecular flexibility index (Phi) is 5.40. The summed E-state index contributed by atoms with van der Waals surface area (Å²) < 4.78 is 4.92. The second-order valence-corrected chi connectivity index (χ2v) is 5.30. The molecular formula is C13H26N2O2. The zero-order valence-electron chi connectivity index (χ0n) is 11.6. The Labute approximate surface area is 105 Å². The highest BCUT2D eigenvalue weighted by Gasteiger charge is 2.39. The monoisotopic (exact) mass is 242 g/mol. The van der Waals surface area contributed by atoms with Gasteiger partial charge in [-0.25, -0.2) is 0 Å². The largest absolute Gasteiger partial charge is 0.468 e. The normalized spacial score (nSPS) is 19.1. The van der Waals surface area contributed by atoms with E-state index < -0.39 is 5.54 Å². The maximum absolute atomic E-state index is 11.9. The van der Waals surface area contributed by atoms with Crippen LogP contribution in [0.1, 0.15) is 39.5 Å². The van der Waals surface area contributed by atoms with E-state index in [2.05, 4.69) is 24.2 Å². The molecule has 17 heavy (non-hydrogen) atoms. The van der Waals surface area contributed by atoms with Crippen molar-refractivity contribution in [3.8, 4) is 0 Å². The third-order valence-electron chi connectivity index (χ3n) is 3.33. The van der Waals surface area contributed by atoms with Crippen LogP contribution in [0.15, 0.2) is 0 Å². The highest BCUT2D eigenvalue weighted by molar-refractivity contribution is 5.80. The summed E-state index contributed by atoms with van der Waals surface area (Å²) in [5.41, 5.74) is -0.530. The predicted octanol–water partition coefficient (Wildman–Crippen LogP) is 1.40. The number of rotatable bonds is 8. The molecule has 0 heterocycles. The molecular weight excluding hydrogens is 216 g/mol. The summed E-state index contributed by atoms with van der Waals surface area (Å²) in [6.45, 7) is 6.11. The molecule has 0 radical (unpaired) electrons. The molecule has 1 aliphatic rings. The molecule has 1 atom stereocenters. The van der Waals surface area contributed by atoms with Crippen molar-refractivity contribution in [2.45, 2.75) is 51.1 Å². The molecule has 1 aliphatic carbocycles. The van der Waals surface area contributed by atoms with Crippen LogP contribution in [0.3, 0.4) is 0 Å². The summed E-state index contributed by atoms with van der Waals surface area (Å²) in [7, 11) is 3.56. The van der Waals surface area contributed by atoms with E-state index >= 15 is 0 Å². The molecule has 0 amide bonds. The number of carbonyl (C=O) groups is 1. The third-order valence-corrected chi connectivity index (χ3v) is 3.33. The van der Waals surface area contributed by atoms with Crippen molar-refractivity contribution < 1.29 is 9.53 Å². The van der Waals surface area contributed by atoms with E-state index in [-0.39, 0.29) is 5.97 Å². The lowest BCUT2D eigenvalue weighted by Crippen LogP contribution is -2.52. The van der Waals surface area contributed by atoms with Gasteiger partial charge in [-0.1, -0.05) is 6.92 Å². The summed E-state index contributed by atoms with van der Waals surface area (Å²) in [5, 5.41) is 3.41. The molecule has 0 aromatic carbocycles. The van der Waals surface area contributed by atoms with Crippen LogP contribution < -0.4 is 5.32 Å². The molecule has 0 aromatic rings. The fourth-order valence-corrected chi connectivity index (χ4v) is 2.04. The molecule has 4 heteroatoms. The van der Waals surface area contributed by atoms with Gasteiger partial charge in [-0.3, -0.25) is 10.1 Å². The quantitative estimate of drug-likeness (QED) is 0.653. The van der Waals surface area contributed by atoms with Crippen molar-refractivity contribution in [2.24, 2.45) is 0 Å². The number of hydrogen-bond donors (Lipinski definition) is 1. The summed E-state index contributed by atoms with van der Waals surface area (Å²) in [5.74, 6) is -0.144. The van der Waals surface area contributed by atoms with Crippen molar-refractivity contribution in [3.63, 3.8) is 0 Å². The summed E-state index contributed by atoms with van der Waals surface area (Å²) in [6, 6.07) is 0.510. The number of hydrogen-bond acceptors (Lipinski definition) is 4. The smallest absolute Gasteiger partial charge is 0.325 e. The van der Waals surface area contributed by atoms with Crippen LogP contribution in [-0.4, -0.2) is 49.7 Å². The molecule has 1 fully saturated rings. The van der Waals surface area contributed by atoms with Gasteiger partial charge in [0.25, 0.3) is 0 Å². The van der Waals surface area contributed by atoms with Crippen LogP contribution in [0.25, 0.3) is 0 Å². The van der Waals surface area contributed by atoms with Gasteiger partial charge in [0.05, 0.1) is 7.11 Å². The van der Waals surface area contributed by atoms with Crippen molar-refractivity contribution in [3.05, 3.63) is 0 Å². The minimum atomic E-state index is -0.530. The van der Waals surface area contributed by atoms with Crippen LogP contribution in [0, 0.1) is 0 Å². The van der Waals surface area contributed by atoms with Crippen LogP contribution >= 0.6 is 0 Å². The average Bonchev–Trinajstić information content (AvgIpc) is 3.09. The van der Waals surface area contributed by atoms with Crippen LogP contribution in [-0.2, 0) is 9.53 Å². The van der Waals surface area contributed by atoms with Crippen molar-refractivity contribution in [2.75, 3.05) is 27.2 Å². The third kappa shape index (κ3) is 4.64. The number of methoxy groups -OCH3 is 1. The molecule has 1 N–H and O–H groups in total. The second-order valence-electron chi connectivity index (χ2n) is 5.30. The number of esters is 1. The molecule has 0 aliphatic heterocycles. The number of nitrogens with one attached hydrogen (secondary N) is 1. The first kappa shape index (κ1) is 14.5. The molecule has 1 saturated carbocycles. The fraction of sp³-hybridized carbons (Fsp3) is 0.923. The van der Waals surface area contributed by atoms with E-state index in [0.717, 1.165) is 25.9 Å². The lowest BCUT2D eigenvalue weighted by atomic mass is 9.97. The van der Waals surface area contributed by atoms with E-state index in [9.17, 15) is 4.79 Å². The Hall–Kier alpha value is -0.610. The second kappa shape index (κ2) is 6.36. The van der Waals surface area contributed by atoms with Crippen molar-refractivity contribution in [1.82, 2.24) is 10.2 Å². The summed E-state index contributed by atoms with van der Waals surface area (Å²) in [6.07, 6.45) is 4.29. The van der Waals surface area contributed by atoms with Gasteiger partial charge >= 0.3 is 5.97 Å². The number of carbonyl (C=O) groups excluding carboxylic acids is 1. The Morgan fingerprint density at radius 3 is 2.59 bits per heavy atom. The molecule has 100 valence electrons. The van der Waals surface area contributed by atoms with E-state index in [0.29, 0.717) is 6.04 Å². The molecule has 0 saturated heterocycles. The van der Waals surface area contributed by atoms with E-state index in [4.69, 9.17) is 4.74 Å². The first-order valence-electron chi connectivity index (χ1n) is 6.56. The first-order chi connectivity index (χ1) is 8.01. The number of nitrogens with zero attached hydrogens (tertiary/aromatic N) is 1. The Morgan fingerprint density at radius 2 is 2.12 bits per heavy atom. The molecule has 4 nitrogen and oxygen atoms in total. The van der Waals surface area contributed by atoms with Gasteiger partial charge < -0.3 is 9.64 Å². The minimum Gasteiger partial charge on any atom is -0.468 e. The lowest BCUT2D eigenvalue weighted by molar-refractivity contribution is -0.148. The van der Waals surface area contributed by atoms with Gasteiger partial charge in [0.15, 0.2) is 0 Å². The van der Waals surface area contributed by atoms with Gasteiger partial charge in [0.2, 0.25) is 0 Å². The Morgan fingerprint density at radius 1 is 1.47 bits per heavy atom. The van der Waals surface area contributed by atoms with Gasteiger partial charge in [0, 0.05) is 12.6 Å². The topological polar surface area (TPSA) is 41.6 Å². The maximum atomic E-state index is 11.9. The lowest BCUT2D eigenvalue weighted by Gasteiger charge is -2.30. The van der Waals surface area contributed by atoms with Crippen LogP contribution in [0.4, 0.5) is 0 Å².